The third-order valence-electron chi connectivity index (χ3n) is 3.26. The molecular formula is C11H15N5. The van der Waals surface area contributed by atoms with Gasteiger partial charge in [0.1, 0.15) is 5.52 Å². The van der Waals surface area contributed by atoms with E-state index in [4.69, 9.17) is 0 Å². The Morgan fingerprint density at radius 3 is 2.88 bits per heavy atom. The van der Waals surface area contributed by atoms with Gasteiger partial charge in [-0.05, 0) is 12.8 Å². The highest BCUT2D eigenvalue weighted by molar-refractivity contribution is 5.71. The van der Waals surface area contributed by atoms with Gasteiger partial charge in [0.2, 0.25) is 5.95 Å². The maximum atomic E-state index is 4.48. The molecule has 2 aromatic rings. The maximum absolute atomic E-state index is 4.48. The third-order valence-corrected chi connectivity index (χ3v) is 3.26. The van der Waals surface area contributed by atoms with Gasteiger partial charge in [-0.2, -0.15) is 4.98 Å². The summed E-state index contributed by atoms with van der Waals surface area (Å²) in [7, 11) is 1.83. The van der Waals surface area contributed by atoms with Crippen molar-refractivity contribution >= 4 is 17.1 Å². The largest absolute Gasteiger partial charge is 0.357 e. The molecule has 5 nitrogen and oxygen atoms in total. The molecule has 0 bridgehead atoms. The Labute approximate surface area is 93.9 Å². The monoisotopic (exact) mass is 217 g/mol. The molecule has 2 heterocycles. The van der Waals surface area contributed by atoms with Crippen LogP contribution in [-0.2, 0) is 0 Å². The van der Waals surface area contributed by atoms with Crippen LogP contribution in [0.25, 0.3) is 11.2 Å². The molecule has 0 aliphatic heterocycles. The van der Waals surface area contributed by atoms with Crippen molar-refractivity contribution in [3.8, 4) is 0 Å². The summed E-state index contributed by atoms with van der Waals surface area (Å²) in [4.78, 5) is 13.0. The maximum Gasteiger partial charge on any atom is 0.224 e. The summed E-state index contributed by atoms with van der Waals surface area (Å²) < 4.78 is 2.20. The first kappa shape index (κ1) is 9.57. The molecule has 84 valence electrons. The van der Waals surface area contributed by atoms with Gasteiger partial charge in [-0.1, -0.05) is 12.8 Å². The van der Waals surface area contributed by atoms with E-state index in [0.29, 0.717) is 12.0 Å². The van der Waals surface area contributed by atoms with E-state index in [9.17, 15) is 0 Å². The Hall–Kier alpha value is -1.65. The molecule has 0 unspecified atom stereocenters. The smallest absolute Gasteiger partial charge is 0.224 e. The zero-order valence-electron chi connectivity index (χ0n) is 9.35. The fourth-order valence-corrected chi connectivity index (χ4v) is 2.40. The van der Waals surface area contributed by atoms with Gasteiger partial charge in [-0.25, -0.2) is 9.97 Å². The molecule has 1 fully saturated rings. The zero-order chi connectivity index (χ0) is 11.0. The van der Waals surface area contributed by atoms with Gasteiger partial charge in [-0.15, -0.1) is 0 Å². The average Bonchev–Trinajstić information content (AvgIpc) is 2.96. The van der Waals surface area contributed by atoms with Crippen LogP contribution in [0.5, 0.6) is 0 Å². The summed E-state index contributed by atoms with van der Waals surface area (Å²) in [5, 5.41) is 2.96. The lowest BCUT2D eigenvalue weighted by Crippen LogP contribution is -2.05. The fourth-order valence-electron chi connectivity index (χ4n) is 2.40. The number of rotatable bonds is 2. The highest BCUT2D eigenvalue weighted by atomic mass is 15.2. The van der Waals surface area contributed by atoms with Crippen LogP contribution in [0.15, 0.2) is 12.5 Å². The van der Waals surface area contributed by atoms with Crippen LogP contribution >= 0.6 is 0 Å². The molecule has 5 heteroatoms. The van der Waals surface area contributed by atoms with Gasteiger partial charge in [0.15, 0.2) is 5.65 Å². The molecule has 3 rings (SSSR count). The second kappa shape index (κ2) is 3.73. The summed E-state index contributed by atoms with van der Waals surface area (Å²) in [5.74, 6) is 0.659. The molecule has 1 aliphatic rings. The predicted octanol–water partition coefficient (Wildman–Crippen LogP) is 1.98. The van der Waals surface area contributed by atoms with Crippen LogP contribution in [0.4, 0.5) is 5.95 Å². The number of nitrogens with one attached hydrogen (secondary N) is 1. The molecule has 2 aromatic heterocycles. The van der Waals surface area contributed by atoms with Crippen LogP contribution in [0.1, 0.15) is 31.7 Å². The Morgan fingerprint density at radius 1 is 1.31 bits per heavy atom. The molecule has 0 amide bonds. The lowest BCUT2D eigenvalue weighted by molar-refractivity contribution is 0.529. The highest BCUT2D eigenvalue weighted by Crippen LogP contribution is 2.31. The first-order chi connectivity index (χ1) is 7.88. The Morgan fingerprint density at radius 2 is 2.12 bits per heavy atom. The Balaban J connectivity index is 2.09. The lowest BCUT2D eigenvalue weighted by atomic mass is 10.2. The third kappa shape index (κ3) is 1.43. The van der Waals surface area contributed by atoms with Gasteiger partial charge >= 0.3 is 0 Å². The standard InChI is InChI=1S/C11H15N5/c1-12-11-13-6-9-10(15-11)16(7-14-9)8-4-2-3-5-8/h6-8H,2-5H2,1H3,(H,12,13,15). The zero-order valence-corrected chi connectivity index (χ0v) is 9.35. The van der Waals surface area contributed by atoms with E-state index in [2.05, 4.69) is 24.8 Å². The van der Waals surface area contributed by atoms with Crippen molar-refractivity contribution in [1.82, 2.24) is 19.5 Å². The Bertz CT molecular complexity index is 498. The predicted molar refractivity (Wildman–Crippen MR) is 62.4 cm³/mol. The van der Waals surface area contributed by atoms with Crippen molar-refractivity contribution < 1.29 is 0 Å². The van der Waals surface area contributed by atoms with E-state index in [1.165, 1.54) is 25.7 Å². The van der Waals surface area contributed by atoms with Crippen molar-refractivity contribution in [2.45, 2.75) is 31.7 Å². The summed E-state index contributed by atoms with van der Waals surface area (Å²) in [5.41, 5.74) is 1.83. The molecule has 0 atom stereocenters. The van der Waals surface area contributed by atoms with Gasteiger partial charge in [-0.3, -0.25) is 0 Å². The average molecular weight is 217 g/mol. The number of imidazole rings is 1. The lowest BCUT2D eigenvalue weighted by Gasteiger charge is -2.11. The highest BCUT2D eigenvalue weighted by Gasteiger charge is 2.19. The first-order valence-corrected chi connectivity index (χ1v) is 5.76. The summed E-state index contributed by atoms with van der Waals surface area (Å²) >= 11 is 0. The second-order valence-corrected chi connectivity index (χ2v) is 4.24. The molecule has 0 spiro atoms. The van der Waals surface area contributed by atoms with E-state index in [1.807, 2.05) is 13.4 Å². The minimum absolute atomic E-state index is 0.574. The summed E-state index contributed by atoms with van der Waals surface area (Å²) in [6, 6.07) is 0.574. The van der Waals surface area contributed by atoms with Crippen molar-refractivity contribution in [3.05, 3.63) is 12.5 Å². The normalized spacial score (nSPS) is 17.1. The van der Waals surface area contributed by atoms with E-state index in [0.717, 1.165) is 11.2 Å². The van der Waals surface area contributed by atoms with E-state index in [1.54, 1.807) is 6.20 Å². The summed E-state index contributed by atoms with van der Waals surface area (Å²) in [6.07, 6.45) is 8.78. The first-order valence-electron chi connectivity index (χ1n) is 5.76. The second-order valence-electron chi connectivity index (χ2n) is 4.24. The number of aromatic nitrogens is 4. The quantitative estimate of drug-likeness (QED) is 0.835. The Kier molecular flexibility index (Phi) is 2.23. The van der Waals surface area contributed by atoms with Crippen molar-refractivity contribution in [2.75, 3.05) is 12.4 Å². The number of hydrogen-bond acceptors (Lipinski definition) is 4. The van der Waals surface area contributed by atoms with Crippen molar-refractivity contribution in [2.24, 2.45) is 0 Å². The van der Waals surface area contributed by atoms with Crippen LogP contribution in [-0.4, -0.2) is 26.6 Å². The fraction of sp³-hybridized carbons (Fsp3) is 0.545. The summed E-state index contributed by atoms with van der Waals surface area (Å²) in [6.45, 7) is 0. The van der Waals surface area contributed by atoms with Crippen LogP contribution in [0, 0.1) is 0 Å². The van der Waals surface area contributed by atoms with Gasteiger partial charge < -0.3 is 9.88 Å². The van der Waals surface area contributed by atoms with E-state index < -0.39 is 0 Å². The molecule has 16 heavy (non-hydrogen) atoms. The van der Waals surface area contributed by atoms with Crippen molar-refractivity contribution in [1.29, 1.82) is 0 Å². The molecule has 0 radical (unpaired) electrons. The minimum Gasteiger partial charge on any atom is -0.357 e. The molecular weight excluding hydrogens is 202 g/mol. The molecule has 1 aliphatic carbocycles. The van der Waals surface area contributed by atoms with Gasteiger partial charge in [0.05, 0.1) is 12.5 Å². The molecule has 0 aromatic carbocycles. The van der Waals surface area contributed by atoms with Gasteiger partial charge in [0, 0.05) is 13.1 Å². The number of anilines is 1. The molecule has 0 saturated heterocycles. The molecule has 1 N–H and O–H groups in total. The number of hydrogen-bond donors (Lipinski definition) is 1. The number of fused-ring (bicyclic) bond motifs is 1. The van der Waals surface area contributed by atoms with Crippen LogP contribution < -0.4 is 5.32 Å². The van der Waals surface area contributed by atoms with Crippen LogP contribution in [0.3, 0.4) is 0 Å². The minimum atomic E-state index is 0.574. The topological polar surface area (TPSA) is 55.6 Å². The van der Waals surface area contributed by atoms with E-state index >= 15 is 0 Å². The number of nitrogens with zero attached hydrogens (tertiary/aromatic N) is 4. The van der Waals surface area contributed by atoms with Gasteiger partial charge in [0.25, 0.3) is 0 Å². The van der Waals surface area contributed by atoms with Crippen molar-refractivity contribution in [3.63, 3.8) is 0 Å². The SMILES string of the molecule is CNc1ncc2ncn(C3CCCC3)c2n1. The van der Waals surface area contributed by atoms with Crippen LogP contribution in [0.2, 0.25) is 0 Å². The van der Waals surface area contributed by atoms with E-state index in [-0.39, 0.29) is 0 Å². The molecule has 1 saturated carbocycles.